The van der Waals surface area contributed by atoms with Crippen molar-refractivity contribution in [2.45, 2.75) is 38.8 Å². The Balaban J connectivity index is 1.81. The fraction of sp³-hybridized carbons (Fsp3) is 0.588. The van der Waals surface area contributed by atoms with Gasteiger partial charge in [-0.3, -0.25) is 4.79 Å². The van der Waals surface area contributed by atoms with E-state index < -0.39 is 12.8 Å². The summed E-state index contributed by atoms with van der Waals surface area (Å²) >= 11 is 0. The van der Waals surface area contributed by atoms with Crippen molar-refractivity contribution >= 4 is 11.6 Å². The SMILES string of the molecule is Cc1cc(NC(=O)CCC2CCNCC2)ccc1OCC(F)(F)F. The van der Waals surface area contributed by atoms with Gasteiger partial charge in [-0.05, 0) is 69.0 Å². The van der Waals surface area contributed by atoms with E-state index >= 15 is 0 Å². The summed E-state index contributed by atoms with van der Waals surface area (Å²) in [5.41, 5.74) is 1.12. The van der Waals surface area contributed by atoms with Gasteiger partial charge in [0, 0.05) is 12.1 Å². The highest BCUT2D eigenvalue weighted by atomic mass is 19.4. The van der Waals surface area contributed by atoms with Crippen molar-refractivity contribution in [2.24, 2.45) is 5.92 Å². The molecule has 1 aromatic rings. The van der Waals surface area contributed by atoms with E-state index in [0.717, 1.165) is 32.4 Å². The van der Waals surface area contributed by atoms with Crippen LogP contribution in [0.2, 0.25) is 0 Å². The fourth-order valence-electron chi connectivity index (χ4n) is 2.78. The zero-order valence-electron chi connectivity index (χ0n) is 13.7. The van der Waals surface area contributed by atoms with Crippen LogP contribution in [0.5, 0.6) is 5.75 Å². The molecule has 1 aromatic carbocycles. The predicted molar refractivity (Wildman–Crippen MR) is 86.2 cm³/mol. The quantitative estimate of drug-likeness (QED) is 0.828. The highest BCUT2D eigenvalue weighted by Gasteiger charge is 2.28. The molecule has 0 atom stereocenters. The van der Waals surface area contributed by atoms with Gasteiger partial charge in [-0.2, -0.15) is 13.2 Å². The second-order valence-corrected chi connectivity index (χ2v) is 6.16. The number of anilines is 1. The largest absolute Gasteiger partial charge is 0.484 e. The Bertz CT molecular complexity index is 555. The highest BCUT2D eigenvalue weighted by molar-refractivity contribution is 5.90. The molecule has 2 rings (SSSR count). The van der Waals surface area contributed by atoms with Crippen LogP contribution in [0.1, 0.15) is 31.2 Å². The Morgan fingerprint density at radius 1 is 1.33 bits per heavy atom. The van der Waals surface area contributed by atoms with Crippen molar-refractivity contribution in [3.05, 3.63) is 23.8 Å². The van der Waals surface area contributed by atoms with Crippen molar-refractivity contribution in [1.29, 1.82) is 0 Å². The third-order valence-electron chi connectivity index (χ3n) is 4.09. The molecule has 0 radical (unpaired) electrons. The van der Waals surface area contributed by atoms with Crippen molar-refractivity contribution < 1.29 is 22.7 Å². The second kappa shape index (κ2) is 8.37. The Labute approximate surface area is 139 Å². The first kappa shape index (κ1) is 18.6. The average molecular weight is 344 g/mol. The lowest BCUT2D eigenvalue weighted by Gasteiger charge is -2.22. The van der Waals surface area contributed by atoms with Crippen LogP contribution in [-0.2, 0) is 4.79 Å². The molecule has 4 nitrogen and oxygen atoms in total. The number of benzene rings is 1. The predicted octanol–water partition coefficient (Wildman–Crippen LogP) is 3.65. The van der Waals surface area contributed by atoms with Crippen molar-refractivity contribution in [3.63, 3.8) is 0 Å². The van der Waals surface area contributed by atoms with Crippen LogP contribution in [0.3, 0.4) is 0 Å². The number of alkyl halides is 3. The van der Waals surface area contributed by atoms with Gasteiger partial charge in [0.15, 0.2) is 6.61 Å². The summed E-state index contributed by atoms with van der Waals surface area (Å²) < 4.78 is 41.3. The topological polar surface area (TPSA) is 50.4 Å². The smallest absolute Gasteiger partial charge is 0.422 e. The summed E-state index contributed by atoms with van der Waals surface area (Å²) in [6.45, 7) is 2.34. The van der Waals surface area contributed by atoms with Crippen LogP contribution in [-0.4, -0.2) is 31.8 Å². The maximum atomic E-state index is 12.2. The summed E-state index contributed by atoms with van der Waals surface area (Å²) in [6, 6.07) is 4.62. The molecule has 24 heavy (non-hydrogen) atoms. The Morgan fingerprint density at radius 2 is 2.04 bits per heavy atom. The lowest BCUT2D eigenvalue weighted by molar-refractivity contribution is -0.153. The number of aryl methyl sites for hydroxylation is 1. The number of ether oxygens (including phenoxy) is 1. The number of halogens is 3. The van der Waals surface area contributed by atoms with Crippen LogP contribution in [0.15, 0.2) is 18.2 Å². The van der Waals surface area contributed by atoms with E-state index in [1.165, 1.54) is 6.07 Å². The lowest BCUT2D eigenvalue weighted by Crippen LogP contribution is -2.28. The third kappa shape index (κ3) is 6.39. The van der Waals surface area contributed by atoms with E-state index in [9.17, 15) is 18.0 Å². The number of carbonyl (C=O) groups excluding carboxylic acids is 1. The molecular weight excluding hydrogens is 321 g/mol. The van der Waals surface area contributed by atoms with E-state index in [-0.39, 0.29) is 11.7 Å². The average Bonchev–Trinajstić information content (AvgIpc) is 2.52. The Morgan fingerprint density at radius 3 is 2.67 bits per heavy atom. The molecule has 134 valence electrons. The van der Waals surface area contributed by atoms with E-state index in [0.29, 0.717) is 23.6 Å². The van der Waals surface area contributed by atoms with Gasteiger partial charge in [-0.25, -0.2) is 0 Å². The molecule has 0 unspecified atom stereocenters. The maximum Gasteiger partial charge on any atom is 0.422 e. The molecule has 2 N–H and O–H groups in total. The van der Waals surface area contributed by atoms with Crippen LogP contribution in [0.25, 0.3) is 0 Å². The second-order valence-electron chi connectivity index (χ2n) is 6.16. The number of hydrogen-bond donors (Lipinski definition) is 2. The zero-order valence-corrected chi connectivity index (χ0v) is 13.7. The molecule has 0 spiro atoms. The van der Waals surface area contributed by atoms with Gasteiger partial charge in [0.05, 0.1) is 0 Å². The molecule has 0 aliphatic carbocycles. The number of carbonyl (C=O) groups is 1. The fourth-order valence-corrected chi connectivity index (χ4v) is 2.78. The van der Waals surface area contributed by atoms with Gasteiger partial charge in [-0.1, -0.05) is 0 Å². The zero-order chi connectivity index (χ0) is 17.6. The minimum atomic E-state index is -4.37. The Hall–Kier alpha value is -1.76. The van der Waals surface area contributed by atoms with E-state index in [1.54, 1.807) is 19.1 Å². The first-order chi connectivity index (χ1) is 11.3. The van der Waals surface area contributed by atoms with Crippen molar-refractivity contribution in [1.82, 2.24) is 5.32 Å². The third-order valence-corrected chi connectivity index (χ3v) is 4.09. The molecule has 1 aliphatic heterocycles. The van der Waals surface area contributed by atoms with Gasteiger partial charge < -0.3 is 15.4 Å². The monoisotopic (exact) mass is 344 g/mol. The summed E-state index contributed by atoms with van der Waals surface area (Å²) in [5.74, 6) is 0.675. The molecule has 1 aliphatic rings. The van der Waals surface area contributed by atoms with Crippen LogP contribution >= 0.6 is 0 Å². The molecule has 1 fully saturated rings. The molecular formula is C17H23F3N2O2. The van der Waals surface area contributed by atoms with Crippen LogP contribution < -0.4 is 15.4 Å². The van der Waals surface area contributed by atoms with Crippen molar-refractivity contribution in [2.75, 3.05) is 25.0 Å². The first-order valence-electron chi connectivity index (χ1n) is 8.14. The molecule has 0 bridgehead atoms. The summed E-state index contributed by atoms with van der Waals surface area (Å²) in [4.78, 5) is 12.0. The summed E-state index contributed by atoms with van der Waals surface area (Å²) in [6.07, 6.45) is -0.863. The summed E-state index contributed by atoms with van der Waals surface area (Å²) in [7, 11) is 0. The number of rotatable bonds is 6. The number of hydrogen-bond acceptors (Lipinski definition) is 3. The van der Waals surface area contributed by atoms with Gasteiger partial charge in [0.2, 0.25) is 5.91 Å². The first-order valence-corrected chi connectivity index (χ1v) is 8.14. The molecule has 0 aromatic heterocycles. The molecule has 1 saturated heterocycles. The minimum absolute atomic E-state index is 0.0723. The summed E-state index contributed by atoms with van der Waals surface area (Å²) in [5, 5.41) is 6.08. The number of amides is 1. The molecule has 1 heterocycles. The Kier molecular flexibility index (Phi) is 6.48. The molecule has 1 amide bonds. The van der Waals surface area contributed by atoms with E-state index in [1.807, 2.05) is 0 Å². The number of nitrogens with one attached hydrogen (secondary N) is 2. The number of piperidine rings is 1. The van der Waals surface area contributed by atoms with Crippen molar-refractivity contribution in [3.8, 4) is 5.75 Å². The standard InChI is InChI=1S/C17H23F3N2O2/c1-12-10-14(3-4-15(12)24-11-17(18,19)20)22-16(23)5-2-13-6-8-21-9-7-13/h3-4,10,13,21H,2,5-9,11H2,1H3,(H,22,23). The van der Waals surface area contributed by atoms with Crippen LogP contribution in [0, 0.1) is 12.8 Å². The maximum absolute atomic E-state index is 12.2. The van der Waals surface area contributed by atoms with Gasteiger partial charge in [0.25, 0.3) is 0 Å². The van der Waals surface area contributed by atoms with Gasteiger partial charge >= 0.3 is 6.18 Å². The molecule has 0 saturated carbocycles. The minimum Gasteiger partial charge on any atom is -0.484 e. The van der Waals surface area contributed by atoms with Gasteiger partial charge in [0.1, 0.15) is 5.75 Å². The molecule has 7 heteroatoms. The van der Waals surface area contributed by atoms with E-state index in [4.69, 9.17) is 4.74 Å². The highest BCUT2D eigenvalue weighted by Crippen LogP contribution is 2.25. The lowest BCUT2D eigenvalue weighted by atomic mass is 9.93. The van der Waals surface area contributed by atoms with Gasteiger partial charge in [-0.15, -0.1) is 0 Å². The van der Waals surface area contributed by atoms with Crippen LogP contribution in [0.4, 0.5) is 18.9 Å². The van der Waals surface area contributed by atoms with E-state index in [2.05, 4.69) is 10.6 Å². The normalized spacial score (nSPS) is 16.0.